The molecule has 1 aromatic heterocycles. The van der Waals surface area contributed by atoms with Crippen molar-refractivity contribution in [3.63, 3.8) is 0 Å². The molecule has 100 valence electrons. The number of rotatable bonds is 4. The van der Waals surface area contributed by atoms with Crippen LogP contribution in [0, 0.1) is 6.92 Å². The summed E-state index contributed by atoms with van der Waals surface area (Å²) < 4.78 is 5.89. The molecule has 0 radical (unpaired) electrons. The molecule has 0 atom stereocenters. The van der Waals surface area contributed by atoms with Gasteiger partial charge in [-0.15, -0.1) is 11.3 Å². The molecule has 0 spiro atoms. The van der Waals surface area contributed by atoms with Gasteiger partial charge in [0.25, 0.3) is 0 Å². The van der Waals surface area contributed by atoms with E-state index in [1.54, 1.807) is 12.3 Å². The van der Waals surface area contributed by atoms with E-state index >= 15 is 0 Å². The van der Waals surface area contributed by atoms with Crippen molar-refractivity contribution < 1.29 is 9.53 Å². The van der Waals surface area contributed by atoms with Gasteiger partial charge < -0.3 is 10.1 Å². The molecule has 0 saturated heterocycles. The summed E-state index contributed by atoms with van der Waals surface area (Å²) in [5.41, 5.74) is 2.40. The molecular weight excluding hydrogens is 328 g/mol. The molecule has 6 heteroatoms. The minimum Gasteiger partial charge on any atom is -0.461 e. The van der Waals surface area contributed by atoms with Crippen molar-refractivity contribution >= 4 is 44.1 Å². The minimum absolute atomic E-state index is 0.335. The van der Waals surface area contributed by atoms with Crippen LogP contribution in [0.2, 0.25) is 0 Å². The van der Waals surface area contributed by atoms with Crippen molar-refractivity contribution in [2.24, 2.45) is 0 Å². The quantitative estimate of drug-likeness (QED) is 0.850. The molecule has 1 heterocycles. The highest BCUT2D eigenvalue weighted by atomic mass is 79.9. The number of thiazole rings is 1. The van der Waals surface area contributed by atoms with Crippen molar-refractivity contribution in [1.29, 1.82) is 0 Å². The third-order valence-electron chi connectivity index (χ3n) is 2.43. The monoisotopic (exact) mass is 340 g/mol. The molecule has 1 N–H and O–H groups in total. The highest BCUT2D eigenvalue weighted by Crippen LogP contribution is 2.26. The summed E-state index contributed by atoms with van der Waals surface area (Å²) in [6.07, 6.45) is 0. The molecule has 0 saturated carbocycles. The number of nitrogens with zero attached hydrogens (tertiary/aromatic N) is 1. The van der Waals surface area contributed by atoms with E-state index in [0.29, 0.717) is 17.4 Å². The Bertz CT molecular complexity index is 598. The van der Waals surface area contributed by atoms with Crippen LogP contribution in [-0.2, 0) is 4.74 Å². The molecule has 0 amide bonds. The molecule has 19 heavy (non-hydrogen) atoms. The largest absolute Gasteiger partial charge is 0.461 e. The number of hydrogen-bond acceptors (Lipinski definition) is 5. The fraction of sp³-hybridized carbons (Fsp3) is 0.231. The molecule has 0 fully saturated rings. The van der Waals surface area contributed by atoms with Crippen molar-refractivity contribution in [3.8, 4) is 0 Å². The van der Waals surface area contributed by atoms with E-state index < -0.39 is 5.97 Å². The van der Waals surface area contributed by atoms with E-state index in [2.05, 4.69) is 26.2 Å². The van der Waals surface area contributed by atoms with Gasteiger partial charge in [-0.25, -0.2) is 9.78 Å². The normalized spacial score (nSPS) is 10.3. The zero-order chi connectivity index (χ0) is 13.8. The number of aromatic nitrogens is 1. The van der Waals surface area contributed by atoms with Crippen molar-refractivity contribution in [3.05, 3.63) is 39.3 Å². The van der Waals surface area contributed by atoms with Gasteiger partial charge in [0.2, 0.25) is 0 Å². The second-order valence-corrected chi connectivity index (χ2v) is 5.62. The van der Waals surface area contributed by atoms with Crippen LogP contribution in [0.4, 0.5) is 10.8 Å². The second kappa shape index (κ2) is 6.16. The lowest BCUT2D eigenvalue weighted by Gasteiger charge is -2.06. The summed E-state index contributed by atoms with van der Waals surface area (Å²) >= 11 is 4.80. The molecule has 1 aromatic carbocycles. The number of nitrogens with one attached hydrogen (secondary N) is 1. The molecule has 4 nitrogen and oxygen atoms in total. The molecule has 0 aliphatic rings. The first kappa shape index (κ1) is 14.0. The van der Waals surface area contributed by atoms with Crippen LogP contribution in [0.25, 0.3) is 0 Å². The lowest BCUT2D eigenvalue weighted by atomic mass is 10.2. The lowest BCUT2D eigenvalue weighted by molar-refractivity contribution is 0.0520. The molecular formula is C13H13BrN2O2S. The SMILES string of the molecule is CCOC(=O)c1csc(Nc2cc(Br)ccc2C)n1. The van der Waals surface area contributed by atoms with E-state index in [1.807, 2.05) is 25.1 Å². The number of benzene rings is 1. The number of carbonyl (C=O) groups excluding carboxylic acids is 1. The summed E-state index contributed by atoms with van der Waals surface area (Å²) in [6, 6.07) is 5.96. The predicted octanol–water partition coefficient (Wildman–Crippen LogP) is 4.13. The average Bonchev–Trinajstić information content (AvgIpc) is 2.83. The third-order valence-corrected chi connectivity index (χ3v) is 3.68. The fourth-order valence-electron chi connectivity index (χ4n) is 1.47. The average molecular weight is 341 g/mol. The first-order chi connectivity index (χ1) is 9.10. The van der Waals surface area contributed by atoms with Gasteiger partial charge in [-0.1, -0.05) is 22.0 Å². The Hall–Kier alpha value is -1.40. The molecule has 0 aliphatic carbocycles. The van der Waals surface area contributed by atoms with E-state index in [0.717, 1.165) is 15.7 Å². The topological polar surface area (TPSA) is 51.2 Å². The van der Waals surface area contributed by atoms with Crippen LogP contribution in [0.3, 0.4) is 0 Å². The van der Waals surface area contributed by atoms with Crippen molar-refractivity contribution in [2.75, 3.05) is 11.9 Å². The van der Waals surface area contributed by atoms with Gasteiger partial charge in [-0.3, -0.25) is 0 Å². The summed E-state index contributed by atoms with van der Waals surface area (Å²) in [7, 11) is 0. The van der Waals surface area contributed by atoms with Crippen LogP contribution in [0.5, 0.6) is 0 Å². The number of carbonyl (C=O) groups is 1. The van der Waals surface area contributed by atoms with Gasteiger partial charge >= 0.3 is 5.97 Å². The van der Waals surface area contributed by atoms with Crippen molar-refractivity contribution in [1.82, 2.24) is 4.98 Å². The third kappa shape index (κ3) is 3.54. The maximum absolute atomic E-state index is 11.5. The molecule has 0 unspecified atom stereocenters. The lowest BCUT2D eigenvalue weighted by Crippen LogP contribution is -2.05. The van der Waals surface area contributed by atoms with Crippen LogP contribution >= 0.6 is 27.3 Å². The maximum atomic E-state index is 11.5. The standard InChI is InChI=1S/C13H13BrN2O2S/c1-3-18-12(17)11-7-19-13(16-11)15-10-6-9(14)5-4-8(10)2/h4-7H,3H2,1-2H3,(H,15,16). The Kier molecular flexibility index (Phi) is 4.55. The van der Waals surface area contributed by atoms with Crippen LogP contribution in [-0.4, -0.2) is 17.6 Å². The zero-order valence-electron chi connectivity index (χ0n) is 10.6. The highest BCUT2D eigenvalue weighted by Gasteiger charge is 2.12. The van der Waals surface area contributed by atoms with Gasteiger partial charge in [-0.2, -0.15) is 0 Å². The summed E-state index contributed by atoms with van der Waals surface area (Å²) in [5, 5.41) is 5.56. The summed E-state index contributed by atoms with van der Waals surface area (Å²) in [5.74, 6) is -0.391. The van der Waals surface area contributed by atoms with E-state index in [-0.39, 0.29) is 0 Å². The second-order valence-electron chi connectivity index (χ2n) is 3.84. The van der Waals surface area contributed by atoms with E-state index in [1.165, 1.54) is 11.3 Å². The number of aryl methyl sites for hydroxylation is 1. The van der Waals surface area contributed by atoms with E-state index in [4.69, 9.17) is 4.74 Å². The first-order valence-electron chi connectivity index (χ1n) is 5.76. The Morgan fingerprint density at radius 1 is 1.53 bits per heavy atom. The Labute approximate surface area is 124 Å². The summed E-state index contributed by atoms with van der Waals surface area (Å²) in [4.78, 5) is 15.7. The van der Waals surface area contributed by atoms with Gasteiger partial charge in [0.05, 0.1) is 6.61 Å². The zero-order valence-corrected chi connectivity index (χ0v) is 13.0. The number of ether oxygens (including phenoxy) is 1. The van der Waals surface area contributed by atoms with Gasteiger partial charge in [0.15, 0.2) is 10.8 Å². The number of anilines is 2. The van der Waals surface area contributed by atoms with Crippen LogP contribution in [0.15, 0.2) is 28.1 Å². The smallest absolute Gasteiger partial charge is 0.357 e. The Morgan fingerprint density at radius 2 is 2.32 bits per heavy atom. The first-order valence-corrected chi connectivity index (χ1v) is 7.43. The molecule has 2 rings (SSSR count). The van der Waals surface area contributed by atoms with Crippen LogP contribution in [0.1, 0.15) is 23.0 Å². The Balaban J connectivity index is 2.15. The predicted molar refractivity (Wildman–Crippen MR) is 80.2 cm³/mol. The van der Waals surface area contributed by atoms with Gasteiger partial charge in [0, 0.05) is 15.5 Å². The van der Waals surface area contributed by atoms with E-state index in [9.17, 15) is 4.79 Å². The molecule has 0 bridgehead atoms. The maximum Gasteiger partial charge on any atom is 0.357 e. The van der Waals surface area contributed by atoms with Gasteiger partial charge in [-0.05, 0) is 31.5 Å². The van der Waals surface area contributed by atoms with Crippen LogP contribution < -0.4 is 5.32 Å². The fourth-order valence-corrected chi connectivity index (χ4v) is 2.53. The Morgan fingerprint density at radius 3 is 3.05 bits per heavy atom. The van der Waals surface area contributed by atoms with Gasteiger partial charge in [0.1, 0.15) is 0 Å². The summed E-state index contributed by atoms with van der Waals surface area (Å²) in [6.45, 7) is 4.13. The highest BCUT2D eigenvalue weighted by molar-refractivity contribution is 9.10. The number of halogens is 1. The van der Waals surface area contributed by atoms with Crippen molar-refractivity contribution in [2.45, 2.75) is 13.8 Å². The molecule has 0 aliphatic heterocycles. The number of esters is 1. The number of hydrogen-bond donors (Lipinski definition) is 1. The molecule has 2 aromatic rings. The minimum atomic E-state index is -0.391.